The highest BCUT2D eigenvalue weighted by atomic mass is 15.1. The van der Waals surface area contributed by atoms with Gasteiger partial charge in [0.15, 0.2) is 0 Å². The standard InChI is InChI=1S/C16H20N4/c17-15-3-1-2-4-16(15)20-9-5-13(6-10-20)11-14-12-18-7-8-19-14/h1-4,7-8,12-13H,5-6,9-11,17H2. The molecule has 20 heavy (non-hydrogen) atoms. The predicted octanol–water partition coefficient (Wildman–Crippen LogP) is 2.52. The van der Waals surface area contributed by atoms with Crippen LogP contribution in [0, 0.1) is 5.92 Å². The number of hydrogen-bond acceptors (Lipinski definition) is 4. The highest BCUT2D eigenvalue weighted by molar-refractivity contribution is 5.67. The fraction of sp³-hybridized carbons (Fsp3) is 0.375. The summed E-state index contributed by atoms with van der Waals surface area (Å²) in [5, 5.41) is 0. The van der Waals surface area contributed by atoms with Crippen LogP contribution in [0.4, 0.5) is 11.4 Å². The third-order valence-corrected chi connectivity index (χ3v) is 4.01. The van der Waals surface area contributed by atoms with Gasteiger partial charge in [-0.15, -0.1) is 0 Å². The van der Waals surface area contributed by atoms with E-state index in [1.54, 1.807) is 12.4 Å². The zero-order valence-corrected chi connectivity index (χ0v) is 11.6. The largest absolute Gasteiger partial charge is 0.397 e. The van der Waals surface area contributed by atoms with Crippen LogP contribution in [-0.2, 0) is 6.42 Å². The molecule has 0 atom stereocenters. The van der Waals surface area contributed by atoms with Crippen LogP contribution in [-0.4, -0.2) is 23.1 Å². The highest BCUT2D eigenvalue weighted by Crippen LogP contribution is 2.28. The summed E-state index contributed by atoms with van der Waals surface area (Å²) in [5.74, 6) is 0.702. The van der Waals surface area contributed by atoms with Gasteiger partial charge in [0.25, 0.3) is 0 Å². The monoisotopic (exact) mass is 268 g/mol. The van der Waals surface area contributed by atoms with Gasteiger partial charge in [-0.25, -0.2) is 0 Å². The molecule has 1 fully saturated rings. The summed E-state index contributed by atoms with van der Waals surface area (Å²) >= 11 is 0. The van der Waals surface area contributed by atoms with E-state index >= 15 is 0 Å². The molecule has 104 valence electrons. The van der Waals surface area contributed by atoms with Crippen LogP contribution in [0.1, 0.15) is 18.5 Å². The number of benzene rings is 1. The number of nitrogen functional groups attached to an aromatic ring is 1. The molecule has 0 aliphatic carbocycles. The first-order valence-corrected chi connectivity index (χ1v) is 7.17. The van der Waals surface area contributed by atoms with Gasteiger partial charge in [0.2, 0.25) is 0 Å². The number of hydrogen-bond donors (Lipinski definition) is 1. The van der Waals surface area contributed by atoms with E-state index in [0.29, 0.717) is 5.92 Å². The van der Waals surface area contributed by atoms with E-state index in [9.17, 15) is 0 Å². The Hall–Kier alpha value is -2.10. The minimum absolute atomic E-state index is 0.702. The molecule has 0 saturated carbocycles. The van der Waals surface area contributed by atoms with Gasteiger partial charge in [0.1, 0.15) is 0 Å². The Kier molecular flexibility index (Phi) is 3.81. The first-order valence-electron chi connectivity index (χ1n) is 7.17. The molecule has 1 aliphatic heterocycles. The molecular weight excluding hydrogens is 248 g/mol. The van der Waals surface area contributed by atoms with Crippen LogP contribution in [0.2, 0.25) is 0 Å². The Morgan fingerprint density at radius 2 is 1.95 bits per heavy atom. The number of piperidine rings is 1. The maximum atomic E-state index is 6.05. The molecule has 1 aromatic heterocycles. The smallest absolute Gasteiger partial charge is 0.0599 e. The maximum Gasteiger partial charge on any atom is 0.0599 e. The van der Waals surface area contributed by atoms with Crippen molar-refractivity contribution < 1.29 is 0 Å². The molecule has 0 spiro atoms. The molecule has 0 unspecified atom stereocenters. The van der Waals surface area contributed by atoms with Crippen LogP contribution in [0.5, 0.6) is 0 Å². The fourth-order valence-electron chi connectivity index (χ4n) is 2.88. The molecule has 1 saturated heterocycles. The summed E-state index contributed by atoms with van der Waals surface area (Å²) in [4.78, 5) is 10.9. The molecule has 3 rings (SSSR count). The Morgan fingerprint density at radius 1 is 1.15 bits per heavy atom. The molecule has 4 nitrogen and oxygen atoms in total. The topological polar surface area (TPSA) is 55.0 Å². The third-order valence-electron chi connectivity index (χ3n) is 4.01. The third kappa shape index (κ3) is 2.90. The number of aromatic nitrogens is 2. The molecule has 0 amide bonds. The Bertz CT molecular complexity index is 547. The molecule has 2 heterocycles. The van der Waals surface area contributed by atoms with E-state index in [2.05, 4.69) is 27.0 Å². The molecule has 1 aliphatic rings. The summed E-state index contributed by atoms with van der Waals surface area (Å²) < 4.78 is 0. The summed E-state index contributed by atoms with van der Waals surface area (Å²) in [6.45, 7) is 2.14. The first kappa shape index (κ1) is 12.9. The summed E-state index contributed by atoms with van der Waals surface area (Å²) in [6, 6.07) is 8.12. The van der Waals surface area contributed by atoms with Crippen molar-refractivity contribution in [2.75, 3.05) is 23.7 Å². The lowest BCUT2D eigenvalue weighted by Gasteiger charge is -2.34. The number of nitrogens with zero attached hydrogens (tertiary/aromatic N) is 3. The van der Waals surface area contributed by atoms with Gasteiger partial charge < -0.3 is 10.6 Å². The van der Waals surface area contributed by atoms with Crippen molar-refractivity contribution in [2.45, 2.75) is 19.3 Å². The highest BCUT2D eigenvalue weighted by Gasteiger charge is 2.21. The number of nitrogens with two attached hydrogens (primary N) is 1. The van der Waals surface area contributed by atoms with E-state index in [-0.39, 0.29) is 0 Å². The second kappa shape index (κ2) is 5.90. The zero-order chi connectivity index (χ0) is 13.8. The molecule has 1 aromatic carbocycles. The summed E-state index contributed by atoms with van der Waals surface area (Å²) in [7, 11) is 0. The average Bonchev–Trinajstić information content (AvgIpc) is 2.50. The van der Waals surface area contributed by atoms with Crippen molar-refractivity contribution in [1.29, 1.82) is 0 Å². The number of para-hydroxylation sites is 2. The van der Waals surface area contributed by atoms with Gasteiger partial charge in [0.05, 0.1) is 17.1 Å². The Morgan fingerprint density at radius 3 is 2.65 bits per heavy atom. The van der Waals surface area contributed by atoms with Crippen LogP contribution in [0.25, 0.3) is 0 Å². The van der Waals surface area contributed by atoms with E-state index in [4.69, 9.17) is 5.73 Å². The predicted molar refractivity (Wildman–Crippen MR) is 81.5 cm³/mol. The second-order valence-corrected chi connectivity index (χ2v) is 5.39. The molecular formula is C16H20N4. The first-order chi connectivity index (χ1) is 9.83. The molecule has 2 aromatic rings. The van der Waals surface area contributed by atoms with Gasteiger partial charge in [-0.3, -0.25) is 9.97 Å². The van der Waals surface area contributed by atoms with Crippen LogP contribution >= 0.6 is 0 Å². The van der Waals surface area contributed by atoms with Gasteiger partial charge >= 0.3 is 0 Å². The van der Waals surface area contributed by atoms with E-state index in [1.807, 2.05) is 18.3 Å². The van der Waals surface area contributed by atoms with Gasteiger partial charge in [-0.2, -0.15) is 0 Å². The minimum Gasteiger partial charge on any atom is -0.397 e. The zero-order valence-electron chi connectivity index (χ0n) is 11.6. The van der Waals surface area contributed by atoms with Crippen LogP contribution < -0.4 is 10.6 Å². The number of rotatable bonds is 3. The quantitative estimate of drug-likeness (QED) is 0.869. The van der Waals surface area contributed by atoms with Crippen LogP contribution in [0.15, 0.2) is 42.9 Å². The van der Waals surface area contributed by atoms with Crippen molar-refractivity contribution in [3.05, 3.63) is 48.5 Å². The second-order valence-electron chi connectivity index (χ2n) is 5.39. The average molecular weight is 268 g/mol. The van der Waals surface area contributed by atoms with Gasteiger partial charge in [0, 0.05) is 31.7 Å². The van der Waals surface area contributed by atoms with Crippen LogP contribution in [0.3, 0.4) is 0 Å². The fourth-order valence-corrected chi connectivity index (χ4v) is 2.88. The van der Waals surface area contributed by atoms with Crippen molar-refractivity contribution in [1.82, 2.24) is 9.97 Å². The van der Waals surface area contributed by atoms with E-state index in [1.165, 1.54) is 18.5 Å². The normalized spacial score (nSPS) is 16.3. The SMILES string of the molecule is Nc1ccccc1N1CCC(Cc2cnccn2)CC1. The molecule has 2 N–H and O–H groups in total. The van der Waals surface area contributed by atoms with Crippen molar-refractivity contribution >= 4 is 11.4 Å². The van der Waals surface area contributed by atoms with E-state index < -0.39 is 0 Å². The molecule has 0 radical (unpaired) electrons. The van der Waals surface area contributed by atoms with E-state index in [0.717, 1.165) is 30.9 Å². The lowest BCUT2D eigenvalue weighted by atomic mass is 9.92. The Balaban J connectivity index is 1.59. The molecule has 4 heteroatoms. The van der Waals surface area contributed by atoms with Crippen molar-refractivity contribution in [3.63, 3.8) is 0 Å². The van der Waals surface area contributed by atoms with Crippen molar-refractivity contribution in [3.8, 4) is 0 Å². The Labute approximate surface area is 119 Å². The minimum atomic E-state index is 0.702. The summed E-state index contributed by atoms with van der Waals surface area (Å²) in [6.07, 6.45) is 8.78. The van der Waals surface area contributed by atoms with Gasteiger partial charge in [-0.05, 0) is 37.3 Å². The lowest BCUT2D eigenvalue weighted by Crippen LogP contribution is -2.34. The number of anilines is 2. The maximum absolute atomic E-state index is 6.05. The van der Waals surface area contributed by atoms with Crippen molar-refractivity contribution in [2.24, 2.45) is 5.92 Å². The summed E-state index contributed by atoms with van der Waals surface area (Å²) in [5.41, 5.74) is 9.20. The van der Waals surface area contributed by atoms with Gasteiger partial charge in [-0.1, -0.05) is 12.1 Å². The lowest BCUT2D eigenvalue weighted by molar-refractivity contribution is 0.400. The molecule has 0 bridgehead atoms.